The molecule has 1 aromatic heterocycles. The summed E-state index contributed by atoms with van der Waals surface area (Å²) < 4.78 is 0. The molecule has 1 N–H and O–H groups in total. The zero-order valence-electron chi connectivity index (χ0n) is 14.5. The van der Waals surface area contributed by atoms with Crippen molar-refractivity contribution in [2.24, 2.45) is 5.92 Å². The summed E-state index contributed by atoms with van der Waals surface area (Å²) in [6.45, 7) is 15.3. The Bertz CT molecular complexity index is 470. The Morgan fingerprint density at radius 1 is 1.29 bits per heavy atom. The van der Waals surface area contributed by atoms with Crippen LogP contribution in [0.1, 0.15) is 58.7 Å². The molecule has 0 aromatic carbocycles. The van der Waals surface area contributed by atoms with Crippen LogP contribution in [0, 0.1) is 12.8 Å². The molecule has 1 saturated carbocycles. The van der Waals surface area contributed by atoms with Crippen LogP contribution < -0.4 is 10.2 Å². The van der Waals surface area contributed by atoms with E-state index in [-0.39, 0.29) is 5.54 Å². The van der Waals surface area contributed by atoms with Gasteiger partial charge < -0.3 is 10.2 Å². The average molecular weight is 289 g/mol. The van der Waals surface area contributed by atoms with Gasteiger partial charge in [-0.1, -0.05) is 6.07 Å². The molecule has 0 aliphatic heterocycles. The predicted octanol–water partition coefficient (Wildman–Crippen LogP) is 3.90. The van der Waals surface area contributed by atoms with Crippen molar-refractivity contribution in [1.82, 2.24) is 10.3 Å². The van der Waals surface area contributed by atoms with Crippen LogP contribution in [-0.4, -0.2) is 23.1 Å². The molecular weight excluding hydrogens is 258 g/mol. The molecule has 3 nitrogen and oxygen atoms in total. The second-order valence-electron chi connectivity index (χ2n) is 7.71. The first kappa shape index (κ1) is 16.3. The lowest BCUT2D eigenvalue weighted by Crippen LogP contribution is -2.35. The van der Waals surface area contributed by atoms with Crippen molar-refractivity contribution >= 4 is 5.82 Å². The maximum absolute atomic E-state index is 4.86. The first-order valence-electron chi connectivity index (χ1n) is 8.24. The normalized spacial score (nSPS) is 15.6. The molecule has 1 fully saturated rings. The standard InChI is InChI=1S/C18H31N3/c1-13(2)21(12-15-7-8-15)17-10-9-16(14(3)20-17)11-19-18(4,5)6/h9-10,13,15,19H,7-8,11-12H2,1-6H3. The highest BCUT2D eigenvalue weighted by atomic mass is 15.2. The van der Waals surface area contributed by atoms with E-state index in [0.717, 1.165) is 30.5 Å². The van der Waals surface area contributed by atoms with Gasteiger partial charge in [0.25, 0.3) is 0 Å². The second kappa shape index (κ2) is 6.35. The van der Waals surface area contributed by atoms with Gasteiger partial charge in [-0.05, 0) is 71.9 Å². The van der Waals surface area contributed by atoms with Crippen molar-refractivity contribution in [1.29, 1.82) is 0 Å². The molecule has 1 aliphatic rings. The van der Waals surface area contributed by atoms with Crippen LogP contribution in [0.3, 0.4) is 0 Å². The van der Waals surface area contributed by atoms with Crippen LogP contribution in [0.15, 0.2) is 12.1 Å². The summed E-state index contributed by atoms with van der Waals surface area (Å²) in [7, 11) is 0. The Morgan fingerprint density at radius 2 is 1.95 bits per heavy atom. The lowest BCUT2D eigenvalue weighted by Gasteiger charge is -2.29. The molecule has 0 atom stereocenters. The number of nitrogens with one attached hydrogen (secondary N) is 1. The van der Waals surface area contributed by atoms with Crippen molar-refractivity contribution < 1.29 is 0 Å². The minimum atomic E-state index is 0.140. The van der Waals surface area contributed by atoms with Crippen LogP contribution in [0.5, 0.6) is 0 Å². The first-order chi connectivity index (χ1) is 9.76. The van der Waals surface area contributed by atoms with Gasteiger partial charge in [0.05, 0.1) is 0 Å². The van der Waals surface area contributed by atoms with Crippen molar-refractivity contribution in [3.63, 3.8) is 0 Å². The predicted molar refractivity (Wildman–Crippen MR) is 90.8 cm³/mol. The molecule has 0 amide bonds. The van der Waals surface area contributed by atoms with Gasteiger partial charge in [-0.15, -0.1) is 0 Å². The Morgan fingerprint density at radius 3 is 2.43 bits per heavy atom. The molecular formula is C18H31N3. The minimum absolute atomic E-state index is 0.140. The van der Waals surface area contributed by atoms with E-state index in [9.17, 15) is 0 Å². The Hall–Kier alpha value is -1.09. The molecule has 1 heterocycles. The number of anilines is 1. The Balaban J connectivity index is 2.09. The molecule has 3 heteroatoms. The van der Waals surface area contributed by atoms with Gasteiger partial charge in [0, 0.05) is 30.4 Å². The quantitative estimate of drug-likeness (QED) is 0.861. The number of rotatable bonds is 6. The fourth-order valence-corrected chi connectivity index (χ4v) is 2.43. The van der Waals surface area contributed by atoms with Crippen LogP contribution in [0.2, 0.25) is 0 Å². The van der Waals surface area contributed by atoms with E-state index in [0.29, 0.717) is 6.04 Å². The van der Waals surface area contributed by atoms with Crippen LogP contribution >= 0.6 is 0 Å². The summed E-state index contributed by atoms with van der Waals surface area (Å²) in [5.74, 6) is 2.02. The monoisotopic (exact) mass is 289 g/mol. The maximum Gasteiger partial charge on any atom is 0.129 e. The lowest BCUT2D eigenvalue weighted by molar-refractivity contribution is 0.423. The SMILES string of the molecule is Cc1nc(N(CC2CC2)C(C)C)ccc1CNC(C)(C)C. The van der Waals surface area contributed by atoms with Gasteiger partial charge >= 0.3 is 0 Å². The van der Waals surface area contributed by atoms with Crippen LogP contribution in [0.25, 0.3) is 0 Å². The zero-order valence-corrected chi connectivity index (χ0v) is 14.5. The van der Waals surface area contributed by atoms with E-state index in [1.165, 1.54) is 18.4 Å². The van der Waals surface area contributed by atoms with E-state index >= 15 is 0 Å². The number of hydrogen-bond acceptors (Lipinski definition) is 3. The minimum Gasteiger partial charge on any atom is -0.354 e. The average Bonchev–Trinajstić information content (AvgIpc) is 3.17. The number of aryl methyl sites for hydroxylation is 1. The smallest absolute Gasteiger partial charge is 0.129 e. The summed E-state index contributed by atoms with van der Waals surface area (Å²) in [6.07, 6.45) is 2.77. The van der Waals surface area contributed by atoms with Gasteiger partial charge in [0.1, 0.15) is 5.82 Å². The zero-order chi connectivity index (χ0) is 15.6. The molecule has 0 spiro atoms. The molecule has 1 aromatic rings. The molecule has 21 heavy (non-hydrogen) atoms. The van der Waals surface area contributed by atoms with E-state index in [1.807, 2.05) is 0 Å². The molecule has 0 saturated heterocycles. The van der Waals surface area contributed by atoms with E-state index in [2.05, 4.69) is 63.9 Å². The summed E-state index contributed by atoms with van der Waals surface area (Å²) >= 11 is 0. The van der Waals surface area contributed by atoms with Crippen molar-refractivity contribution in [3.05, 3.63) is 23.4 Å². The summed E-state index contributed by atoms with van der Waals surface area (Å²) in [6, 6.07) is 4.93. The fraction of sp³-hybridized carbons (Fsp3) is 0.722. The topological polar surface area (TPSA) is 28.2 Å². The van der Waals surface area contributed by atoms with Gasteiger partial charge in [-0.25, -0.2) is 4.98 Å². The lowest BCUT2D eigenvalue weighted by atomic mass is 10.1. The number of hydrogen-bond donors (Lipinski definition) is 1. The largest absolute Gasteiger partial charge is 0.354 e. The van der Waals surface area contributed by atoms with Crippen molar-refractivity contribution in [2.45, 2.75) is 72.5 Å². The second-order valence-corrected chi connectivity index (χ2v) is 7.71. The van der Waals surface area contributed by atoms with Gasteiger partial charge in [-0.2, -0.15) is 0 Å². The third-order valence-corrected chi connectivity index (χ3v) is 4.06. The molecule has 118 valence electrons. The molecule has 1 aliphatic carbocycles. The highest BCUT2D eigenvalue weighted by Crippen LogP contribution is 2.32. The van der Waals surface area contributed by atoms with Gasteiger partial charge in [-0.3, -0.25) is 0 Å². The molecule has 0 bridgehead atoms. The molecule has 2 rings (SSSR count). The molecule has 0 unspecified atom stereocenters. The number of pyridine rings is 1. The van der Waals surface area contributed by atoms with Crippen molar-refractivity contribution in [2.75, 3.05) is 11.4 Å². The van der Waals surface area contributed by atoms with Crippen molar-refractivity contribution in [3.8, 4) is 0 Å². The van der Waals surface area contributed by atoms with E-state index in [1.54, 1.807) is 0 Å². The maximum atomic E-state index is 4.86. The van der Waals surface area contributed by atoms with Crippen LogP contribution in [-0.2, 0) is 6.54 Å². The van der Waals surface area contributed by atoms with E-state index < -0.39 is 0 Å². The third-order valence-electron chi connectivity index (χ3n) is 4.06. The fourth-order valence-electron chi connectivity index (χ4n) is 2.43. The first-order valence-corrected chi connectivity index (χ1v) is 8.24. The molecule has 0 radical (unpaired) electrons. The highest BCUT2D eigenvalue weighted by Gasteiger charge is 2.26. The van der Waals surface area contributed by atoms with Gasteiger partial charge in [0.2, 0.25) is 0 Å². The number of nitrogens with zero attached hydrogens (tertiary/aromatic N) is 2. The van der Waals surface area contributed by atoms with Crippen LogP contribution in [0.4, 0.5) is 5.82 Å². The van der Waals surface area contributed by atoms with Gasteiger partial charge in [0.15, 0.2) is 0 Å². The van der Waals surface area contributed by atoms with E-state index in [4.69, 9.17) is 4.98 Å². The summed E-state index contributed by atoms with van der Waals surface area (Å²) in [5.41, 5.74) is 2.58. The summed E-state index contributed by atoms with van der Waals surface area (Å²) in [4.78, 5) is 7.31. The highest BCUT2D eigenvalue weighted by molar-refractivity contribution is 5.43. The third kappa shape index (κ3) is 4.99. The number of aromatic nitrogens is 1. The Kier molecular flexibility index (Phi) is 4.92. The Labute approximate surface area is 130 Å². The summed E-state index contributed by atoms with van der Waals surface area (Å²) in [5, 5.41) is 3.54.